The summed E-state index contributed by atoms with van der Waals surface area (Å²) < 4.78 is 10.7. The summed E-state index contributed by atoms with van der Waals surface area (Å²) in [6, 6.07) is 13.0. The lowest BCUT2D eigenvalue weighted by Gasteiger charge is -2.24. The molecule has 126 valence electrons. The van der Waals surface area contributed by atoms with Crippen molar-refractivity contribution in [3.63, 3.8) is 0 Å². The molecule has 2 aromatic rings. The number of hydrogen-bond donors (Lipinski definition) is 0. The van der Waals surface area contributed by atoms with E-state index in [0.717, 1.165) is 29.9 Å². The summed E-state index contributed by atoms with van der Waals surface area (Å²) in [6.07, 6.45) is 2.07. The van der Waals surface area contributed by atoms with Gasteiger partial charge < -0.3 is 14.4 Å². The molecule has 1 saturated carbocycles. The van der Waals surface area contributed by atoms with Gasteiger partial charge in [0.2, 0.25) is 0 Å². The lowest BCUT2D eigenvalue weighted by molar-refractivity contribution is 0.0729. The summed E-state index contributed by atoms with van der Waals surface area (Å²) in [5.74, 6) is 1.45. The van der Waals surface area contributed by atoms with Gasteiger partial charge in [-0.25, -0.2) is 0 Å². The van der Waals surface area contributed by atoms with Gasteiger partial charge in [0.15, 0.2) is 0 Å². The van der Waals surface area contributed by atoms with E-state index in [2.05, 4.69) is 0 Å². The molecule has 0 heterocycles. The molecule has 0 unspecified atom stereocenters. The van der Waals surface area contributed by atoms with E-state index in [9.17, 15) is 4.79 Å². The molecule has 1 aliphatic rings. The van der Waals surface area contributed by atoms with Crippen LogP contribution in [0.25, 0.3) is 0 Å². The van der Waals surface area contributed by atoms with Crippen molar-refractivity contribution in [1.82, 2.24) is 4.90 Å². The van der Waals surface area contributed by atoms with E-state index in [0.29, 0.717) is 17.1 Å². The maximum Gasteiger partial charge on any atom is 0.254 e. The van der Waals surface area contributed by atoms with Crippen LogP contribution in [0.1, 0.15) is 28.8 Å². The quantitative estimate of drug-likeness (QED) is 0.789. The Balaban J connectivity index is 1.86. The van der Waals surface area contributed by atoms with Gasteiger partial charge in [-0.3, -0.25) is 4.79 Å². The van der Waals surface area contributed by atoms with Crippen molar-refractivity contribution in [3.8, 4) is 11.5 Å². The number of carbonyl (C=O) groups is 1. The maximum absolute atomic E-state index is 12.9. The van der Waals surface area contributed by atoms with E-state index in [-0.39, 0.29) is 11.9 Å². The smallest absolute Gasteiger partial charge is 0.254 e. The van der Waals surface area contributed by atoms with Crippen LogP contribution < -0.4 is 9.47 Å². The molecule has 24 heavy (non-hydrogen) atoms. The van der Waals surface area contributed by atoms with Gasteiger partial charge >= 0.3 is 0 Å². The maximum atomic E-state index is 12.9. The number of hydrogen-bond acceptors (Lipinski definition) is 3. The third kappa shape index (κ3) is 3.65. The van der Waals surface area contributed by atoms with E-state index in [4.69, 9.17) is 21.1 Å². The fourth-order valence-electron chi connectivity index (χ4n) is 2.71. The van der Waals surface area contributed by atoms with Gasteiger partial charge in [-0.05, 0) is 43.2 Å². The van der Waals surface area contributed by atoms with Crippen molar-refractivity contribution in [2.45, 2.75) is 25.4 Å². The van der Waals surface area contributed by atoms with Crippen molar-refractivity contribution < 1.29 is 14.3 Å². The molecular weight excluding hydrogens is 326 g/mol. The number of carbonyl (C=O) groups excluding carboxylic acids is 1. The SMILES string of the molecule is COc1ccc(CN(C(=O)c2cccc(Cl)c2)C2CC2)c(OC)c1. The average Bonchev–Trinajstić information content (AvgIpc) is 3.44. The number of benzene rings is 2. The molecule has 3 rings (SSSR count). The average molecular weight is 346 g/mol. The monoisotopic (exact) mass is 345 g/mol. The molecule has 0 saturated heterocycles. The minimum Gasteiger partial charge on any atom is -0.497 e. The highest BCUT2D eigenvalue weighted by molar-refractivity contribution is 6.30. The molecule has 0 aromatic heterocycles. The number of rotatable bonds is 6. The van der Waals surface area contributed by atoms with Crippen LogP contribution in [0, 0.1) is 0 Å². The van der Waals surface area contributed by atoms with Crippen molar-refractivity contribution in [2.24, 2.45) is 0 Å². The molecule has 1 fully saturated rings. The lowest BCUT2D eigenvalue weighted by atomic mass is 10.1. The molecule has 0 radical (unpaired) electrons. The molecule has 5 heteroatoms. The van der Waals surface area contributed by atoms with Crippen LogP contribution in [-0.4, -0.2) is 31.1 Å². The summed E-state index contributed by atoms with van der Waals surface area (Å²) >= 11 is 6.03. The van der Waals surface area contributed by atoms with Gasteiger partial charge in [0.25, 0.3) is 5.91 Å². The molecule has 0 N–H and O–H groups in total. The zero-order chi connectivity index (χ0) is 17.1. The van der Waals surface area contributed by atoms with E-state index in [1.807, 2.05) is 23.1 Å². The predicted molar refractivity (Wildman–Crippen MR) is 93.9 cm³/mol. The van der Waals surface area contributed by atoms with Crippen LogP contribution >= 0.6 is 11.6 Å². The molecule has 1 amide bonds. The van der Waals surface area contributed by atoms with Crippen LogP contribution in [0.3, 0.4) is 0 Å². The van der Waals surface area contributed by atoms with Gasteiger partial charge in [-0.1, -0.05) is 17.7 Å². The normalized spacial score (nSPS) is 13.5. The first-order chi connectivity index (χ1) is 11.6. The van der Waals surface area contributed by atoms with Gasteiger partial charge in [0.1, 0.15) is 11.5 Å². The van der Waals surface area contributed by atoms with Crippen molar-refractivity contribution in [3.05, 3.63) is 58.6 Å². The largest absolute Gasteiger partial charge is 0.497 e. The number of halogens is 1. The molecule has 0 aliphatic heterocycles. The molecule has 0 spiro atoms. The molecule has 1 aliphatic carbocycles. The van der Waals surface area contributed by atoms with Gasteiger partial charge in [-0.15, -0.1) is 0 Å². The van der Waals surface area contributed by atoms with Crippen LogP contribution in [0.15, 0.2) is 42.5 Å². The Morgan fingerprint density at radius 3 is 2.58 bits per heavy atom. The van der Waals surface area contributed by atoms with Gasteiger partial charge in [0.05, 0.1) is 14.2 Å². The summed E-state index contributed by atoms with van der Waals surface area (Å²) in [6.45, 7) is 0.503. The third-order valence-corrected chi connectivity index (χ3v) is 4.39. The topological polar surface area (TPSA) is 38.8 Å². The molecule has 0 bridgehead atoms. The molecule has 4 nitrogen and oxygen atoms in total. The standard InChI is InChI=1S/C19H20ClNO3/c1-23-17-9-6-14(18(11-17)24-2)12-21(16-7-8-16)19(22)13-4-3-5-15(20)10-13/h3-6,9-11,16H,7-8,12H2,1-2H3. The van der Waals surface area contributed by atoms with Crippen molar-refractivity contribution in [2.75, 3.05) is 14.2 Å². The lowest BCUT2D eigenvalue weighted by Crippen LogP contribution is -2.32. The first kappa shape index (κ1) is 16.7. The summed E-state index contributed by atoms with van der Waals surface area (Å²) in [5, 5.41) is 0.568. The van der Waals surface area contributed by atoms with Gasteiger partial charge in [0, 0.05) is 34.8 Å². The Morgan fingerprint density at radius 2 is 1.96 bits per heavy atom. The Hall–Kier alpha value is -2.20. The Morgan fingerprint density at radius 1 is 1.17 bits per heavy atom. The summed E-state index contributed by atoms with van der Waals surface area (Å²) in [4.78, 5) is 14.8. The molecule has 2 aromatic carbocycles. The predicted octanol–water partition coefficient (Wildman–Crippen LogP) is 4.16. The highest BCUT2D eigenvalue weighted by Crippen LogP contribution is 2.33. The van der Waals surface area contributed by atoms with Crippen LogP contribution in [0.5, 0.6) is 11.5 Å². The first-order valence-electron chi connectivity index (χ1n) is 7.90. The van der Waals surface area contributed by atoms with Crippen molar-refractivity contribution in [1.29, 1.82) is 0 Å². The second kappa shape index (κ2) is 7.14. The Kier molecular flexibility index (Phi) is 4.95. The highest BCUT2D eigenvalue weighted by Gasteiger charge is 2.33. The fraction of sp³-hybridized carbons (Fsp3) is 0.316. The second-order valence-electron chi connectivity index (χ2n) is 5.85. The van der Waals surface area contributed by atoms with Crippen LogP contribution in [-0.2, 0) is 6.54 Å². The molecule has 0 atom stereocenters. The zero-order valence-electron chi connectivity index (χ0n) is 13.8. The Bertz CT molecular complexity index is 743. The van der Waals surface area contributed by atoms with Crippen LogP contribution in [0.2, 0.25) is 5.02 Å². The zero-order valence-corrected chi connectivity index (χ0v) is 14.5. The van der Waals surface area contributed by atoms with E-state index >= 15 is 0 Å². The van der Waals surface area contributed by atoms with Gasteiger partial charge in [-0.2, -0.15) is 0 Å². The van der Waals surface area contributed by atoms with E-state index in [1.54, 1.807) is 38.5 Å². The van der Waals surface area contributed by atoms with E-state index in [1.165, 1.54) is 0 Å². The minimum atomic E-state index is -0.00197. The van der Waals surface area contributed by atoms with E-state index < -0.39 is 0 Å². The number of nitrogens with zero attached hydrogens (tertiary/aromatic N) is 1. The fourth-order valence-corrected chi connectivity index (χ4v) is 2.90. The molecular formula is C19H20ClNO3. The summed E-state index contributed by atoms with van der Waals surface area (Å²) in [7, 11) is 3.24. The third-order valence-electron chi connectivity index (χ3n) is 4.16. The second-order valence-corrected chi connectivity index (χ2v) is 6.29. The number of amides is 1. The Labute approximate surface area is 146 Å². The summed E-state index contributed by atoms with van der Waals surface area (Å²) in [5.41, 5.74) is 1.57. The van der Waals surface area contributed by atoms with Crippen molar-refractivity contribution >= 4 is 17.5 Å². The first-order valence-corrected chi connectivity index (χ1v) is 8.27. The highest BCUT2D eigenvalue weighted by atomic mass is 35.5. The number of ether oxygens (including phenoxy) is 2. The minimum absolute atomic E-state index is 0.00197. The van der Waals surface area contributed by atoms with Crippen LogP contribution in [0.4, 0.5) is 0 Å². The number of methoxy groups -OCH3 is 2.